The number of pyridine rings is 1. The van der Waals surface area contributed by atoms with Crippen molar-refractivity contribution in [1.82, 2.24) is 10.3 Å². The number of carbonyl (C=O) groups is 2. The zero-order valence-electron chi connectivity index (χ0n) is 14.4. The highest BCUT2D eigenvalue weighted by Gasteiger charge is 2.37. The first-order valence-electron chi connectivity index (χ1n) is 7.77. The van der Waals surface area contributed by atoms with E-state index in [2.05, 4.69) is 10.3 Å². The van der Waals surface area contributed by atoms with Gasteiger partial charge in [-0.2, -0.15) is 5.26 Å². The first-order valence-corrected chi connectivity index (χ1v) is 7.77. The molecule has 1 aromatic rings. The minimum atomic E-state index is -0.559. The van der Waals surface area contributed by atoms with Crippen molar-refractivity contribution in [3.05, 3.63) is 23.5 Å². The third-order valence-corrected chi connectivity index (χ3v) is 3.77. The van der Waals surface area contributed by atoms with Crippen LogP contribution in [0, 0.1) is 11.3 Å². The largest absolute Gasteiger partial charge is 0.444 e. The number of alkyl carbamates (subject to hydrolysis) is 1. The Morgan fingerprint density at radius 1 is 1.54 bits per heavy atom. The quantitative estimate of drug-likeness (QED) is 0.854. The van der Waals surface area contributed by atoms with Gasteiger partial charge in [-0.25, -0.2) is 9.78 Å². The van der Waals surface area contributed by atoms with Gasteiger partial charge in [0.15, 0.2) is 6.29 Å². The van der Waals surface area contributed by atoms with Gasteiger partial charge < -0.3 is 15.0 Å². The van der Waals surface area contributed by atoms with Crippen LogP contribution in [0.3, 0.4) is 0 Å². The monoisotopic (exact) mass is 330 g/mol. The third-order valence-electron chi connectivity index (χ3n) is 3.77. The van der Waals surface area contributed by atoms with E-state index >= 15 is 0 Å². The molecule has 1 aromatic heterocycles. The first-order chi connectivity index (χ1) is 11.2. The number of aldehydes is 1. The smallest absolute Gasteiger partial charge is 0.408 e. The highest BCUT2D eigenvalue weighted by molar-refractivity contribution is 5.84. The van der Waals surface area contributed by atoms with E-state index in [9.17, 15) is 9.59 Å². The highest BCUT2D eigenvalue weighted by atomic mass is 16.6. The molecule has 0 saturated carbocycles. The summed E-state index contributed by atoms with van der Waals surface area (Å²) in [6.45, 7) is 8.54. The Hall–Kier alpha value is -2.62. The summed E-state index contributed by atoms with van der Waals surface area (Å²) in [7, 11) is 0. The maximum Gasteiger partial charge on any atom is 0.408 e. The number of nitrogens with zero attached hydrogens (tertiary/aromatic N) is 3. The predicted octanol–water partition coefficient (Wildman–Crippen LogP) is 2.26. The maximum absolute atomic E-state index is 12.0. The molecule has 1 amide bonds. The van der Waals surface area contributed by atoms with Crippen LogP contribution >= 0.6 is 0 Å². The summed E-state index contributed by atoms with van der Waals surface area (Å²) in [5.74, 6) is 0. The zero-order chi connectivity index (χ0) is 18.0. The Labute approximate surface area is 141 Å². The molecule has 1 aliphatic heterocycles. The van der Waals surface area contributed by atoms with Crippen molar-refractivity contribution in [3.8, 4) is 6.07 Å². The van der Waals surface area contributed by atoms with E-state index in [-0.39, 0.29) is 5.69 Å². The molecule has 0 radical (unpaired) electrons. The summed E-state index contributed by atoms with van der Waals surface area (Å²) in [5, 5.41) is 11.9. The van der Waals surface area contributed by atoms with Crippen LogP contribution in [0.2, 0.25) is 0 Å². The molecule has 7 nitrogen and oxygen atoms in total. The number of anilines is 1. The predicted molar refractivity (Wildman–Crippen MR) is 88.9 cm³/mol. The van der Waals surface area contributed by atoms with Crippen molar-refractivity contribution in [3.63, 3.8) is 0 Å². The topological polar surface area (TPSA) is 95.3 Å². The van der Waals surface area contributed by atoms with Gasteiger partial charge in [-0.1, -0.05) is 0 Å². The van der Waals surface area contributed by atoms with Gasteiger partial charge in [-0.3, -0.25) is 4.79 Å². The number of aromatic nitrogens is 1. The number of carbonyl (C=O) groups excluding carboxylic acids is 2. The molecule has 0 aromatic carbocycles. The fourth-order valence-corrected chi connectivity index (χ4v) is 2.70. The lowest BCUT2D eigenvalue weighted by molar-refractivity contribution is 0.0473. The van der Waals surface area contributed by atoms with Crippen LogP contribution in [0.15, 0.2) is 12.3 Å². The molecule has 0 aliphatic carbocycles. The van der Waals surface area contributed by atoms with Crippen molar-refractivity contribution in [2.45, 2.75) is 45.3 Å². The molecule has 2 heterocycles. The van der Waals surface area contributed by atoms with E-state index in [1.165, 1.54) is 6.20 Å². The third kappa shape index (κ3) is 4.22. The molecule has 24 heavy (non-hydrogen) atoms. The molecular weight excluding hydrogens is 308 g/mol. The number of rotatable bonds is 3. The summed E-state index contributed by atoms with van der Waals surface area (Å²) in [6.07, 6.45) is 2.36. The molecule has 1 atom stereocenters. The number of amides is 1. The molecule has 1 saturated heterocycles. The molecule has 1 fully saturated rings. The van der Waals surface area contributed by atoms with E-state index in [4.69, 9.17) is 10.00 Å². The Balaban J connectivity index is 2.14. The average Bonchev–Trinajstić information content (AvgIpc) is 2.86. The molecular formula is C17H22N4O3. The van der Waals surface area contributed by atoms with Gasteiger partial charge in [-0.15, -0.1) is 0 Å². The van der Waals surface area contributed by atoms with Crippen molar-refractivity contribution in [1.29, 1.82) is 5.26 Å². The van der Waals surface area contributed by atoms with Crippen LogP contribution in [-0.4, -0.2) is 41.6 Å². The molecule has 1 N–H and O–H groups in total. The summed E-state index contributed by atoms with van der Waals surface area (Å²) in [4.78, 5) is 29.2. The highest BCUT2D eigenvalue weighted by Crippen LogP contribution is 2.29. The van der Waals surface area contributed by atoms with E-state index in [1.54, 1.807) is 6.07 Å². The van der Waals surface area contributed by atoms with Crippen LogP contribution in [-0.2, 0) is 4.74 Å². The first kappa shape index (κ1) is 17.7. The Morgan fingerprint density at radius 2 is 2.25 bits per heavy atom. The van der Waals surface area contributed by atoms with Gasteiger partial charge >= 0.3 is 6.09 Å². The molecule has 0 unspecified atom stereocenters. The standard InChI is InChI=1S/C17H22N4O3/c1-16(2,3)24-15(23)20-17(4)5-6-21(11-17)14-7-13(8-18)19-9-12(14)10-22/h7,9-10H,5-6,11H2,1-4H3,(H,20,23)/t17-/m0/s1. The second kappa shape index (κ2) is 6.48. The van der Waals surface area contributed by atoms with Crippen LogP contribution in [0.1, 0.15) is 50.2 Å². The number of hydrogen-bond acceptors (Lipinski definition) is 6. The van der Waals surface area contributed by atoms with Crippen molar-refractivity contribution >= 4 is 18.1 Å². The number of ether oxygens (including phenoxy) is 1. The second-order valence-corrected chi connectivity index (χ2v) is 7.22. The van der Waals surface area contributed by atoms with Gasteiger partial charge in [0.25, 0.3) is 0 Å². The van der Waals surface area contributed by atoms with Crippen molar-refractivity contribution < 1.29 is 14.3 Å². The number of nitriles is 1. The maximum atomic E-state index is 12.0. The molecule has 2 rings (SSSR count). The van der Waals surface area contributed by atoms with Gasteiger partial charge in [0.05, 0.1) is 16.8 Å². The molecule has 7 heteroatoms. The van der Waals surface area contributed by atoms with E-state index in [0.717, 1.165) is 6.29 Å². The van der Waals surface area contributed by atoms with Gasteiger partial charge in [0, 0.05) is 19.3 Å². The van der Waals surface area contributed by atoms with Crippen LogP contribution in [0.25, 0.3) is 0 Å². The van der Waals surface area contributed by atoms with E-state index in [0.29, 0.717) is 30.8 Å². The lowest BCUT2D eigenvalue weighted by atomic mass is 10.0. The lowest BCUT2D eigenvalue weighted by Crippen LogP contribution is -2.49. The Morgan fingerprint density at radius 3 is 2.83 bits per heavy atom. The molecule has 0 bridgehead atoms. The summed E-state index contributed by atoms with van der Waals surface area (Å²) in [6, 6.07) is 3.58. The number of nitrogens with one attached hydrogen (secondary N) is 1. The Bertz CT molecular complexity index is 690. The fourth-order valence-electron chi connectivity index (χ4n) is 2.70. The molecule has 0 spiro atoms. The van der Waals surface area contributed by atoms with Crippen molar-refractivity contribution in [2.75, 3.05) is 18.0 Å². The summed E-state index contributed by atoms with van der Waals surface area (Å²) >= 11 is 0. The second-order valence-electron chi connectivity index (χ2n) is 7.22. The van der Waals surface area contributed by atoms with Crippen molar-refractivity contribution in [2.24, 2.45) is 0 Å². The zero-order valence-corrected chi connectivity index (χ0v) is 14.4. The van der Waals surface area contributed by atoms with Crippen LogP contribution < -0.4 is 10.2 Å². The normalized spacial score (nSPS) is 20.4. The average molecular weight is 330 g/mol. The van der Waals surface area contributed by atoms with E-state index < -0.39 is 17.2 Å². The Kier molecular flexibility index (Phi) is 4.78. The van der Waals surface area contributed by atoms with Gasteiger partial charge in [0.2, 0.25) is 0 Å². The summed E-state index contributed by atoms with van der Waals surface area (Å²) < 4.78 is 5.31. The SMILES string of the molecule is CC(C)(C)OC(=O)N[C@@]1(C)CCN(c2cc(C#N)ncc2C=O)C1. The minimum Gasteiger partial charge on any atom is -0.444 e. The van der Waals surface area contributed by atoms with Gasteiger partial charge in [0.1, 0.15) is 17.4 Å². The number of hydrogen-bond donors (Lipinski definition) is 1. The van der Waals surface area contributed by atoms with Gasteiger partial charge in [-0.05, 0) is 40.2 Å². The van der Waals surface area contributed by atoms with Crippen LogP contribution in [0.5, 0.6) is 0 Å². The minimum absolute atomic E-state index is 0.254. The fraction of sp³-hybridized carbons (Fsp3) is 0.529. The summed E-state index contributed by atoms with van der Waals surface area (Å²) in [5.41, 5.74) is 0.306. The van der Waals surface area contributed by atoms with Crippen LogP contribution in [0.4, 0.5) is 10.5 Å². The molecule has 128 valence electrons. The lowest BCUT2D eigenvalue weighted by Gasteiger charge is -2.29. The molecule has 1 aliphatic rings. The van der Waals surface area contributed by atoms with E-state index in [1.807, 2.05) is 38.7 Å².